The summed E-state index contributed by atoms with van der Waals surface area (Å²) < 4.78 is 5.86. The third kappa shape index (κ3) is 3.23. The van der Waals surface area contributed by atoms with Gasteiger partial charge in [0, 0.05) is 13.1 Å². The number of nitrogens with zero attached hydrogens (tertiary/aromatic N) is 1. The van der Waals surface area contributed by atoms with E-state index < -0.39 is 5.97 Å². The lowest BCUT2D eigenvalue weighted by molar-refractivity contribution is 0.0696. The van der Waals surface area contributed by atoms with Crippen LogP contribution >= 0.6 is 0 Å². The minimum absolute atomic E-state index is 0.253. The topological polar surface area (TPSA) is 49.8 Å². The van der Waals surface area contributed by atoms with Crippen molar-refractivity contribution in [2.75, 3.05) is 19.6 Å². The molecule has 1 aromatic rings. The summed E-state index contributed by atoms with van der Waals surface area (Å²) in [7, 11) is 0. The molecule has 0 saturated carbocycles. The van der Waals surface area contributed by atoms with Gasteiger partial charge in [-0.25, -0.2) is 4.79 Å². The Bertz CT molecular complexity index is 394. The highest BCUT2D eigenvalue weighted by molar-refractivity contribution is 5.87. The van der Waals surface area contributed by atoms with Crippen LogP contribution in [0.2, 0.25) is 0 Å². The Morgan fingerprint density at radius 2 is 1.94 bits per heavy atom. The van der Waals surface area contributed by atoms with E-state index in [0.29, 0.717) is 5.56 Å². The van der Waals surface area contributed by atoms with E-state index in [9.17, 15) is 4.79 Å². The van der Waals surface area contributed by atoms with Crippen LogP contribution < -0.4 is 4.74 Å². The van der Waals surface area contributed by atoms with Crippen molar-refractivity contribution < 1.29 is 14.6 Å². The van der Waals surface area contributed by atoms with Crippen molar-refractivity contribution in [2.24, 2.45) is 0 Å². The van der Waals surface area contributed by atoms with E-state index >= 15 is 0 Å². The maximum atomic E-state index is 10.7. The molecule has 1 aliphatic rings. The van der Waals surface area contributed by atoms with Crippen LogP contribution in [0.25, 0.3) is 0 Å². The van der Waals surface area contributed by atoms with Gasteiger partial charge in [0.25, 0.3) is 0 Å². The Balaban J connectivity index is 1.88. The third-order valence-corrected chi connectivity index (χ3v) is 3.39. The van der Waals surface area contributed by atoms with Crippen molar-refractivity contribution >= 4 is 5.97 Å². The second kappa shape index (κ2) is 5.87. The first-order chi connectivity index (χ1) is 8.69. The molecule has 0 aromatic heterocycles. The maximum absolute atomic E-state index is 10.7. The fourth-order valence-electron chi connectivity index (χ4n) is 2.21. The van der Waals surface area contributed by atoms with Crippen LogP contribution in [0.4, 0.5) is 0 Å². The predicted molar refractivity (Wildman–Crippen MR) is 69.2 cm³/mol. The lowest BCUT2D eigenvalue weighted by Gasteiger charge is -2.31. The molecule has 0 unspecified atom stereocenters. The molecular formula is C14H19NO3. The van der Waals surface area contributed by atoms with Crippen LogP contribution in [0.3, 0.4) is 0 Å². The highest BCUT2D eigenvalue weighted by atomic mass is 16.5. The molecule has 0 spiro atoms. The highest BCUT2D eigenvalue weighted by Crippen LogP contribution is 2.19. The minimum Gasteiger partial charge on any atom is -0.490 e. The van der Waals surface area contributed by atoms with Gasteiger partial charge >= 0.3 is 5.97 Å². The Labute approximate surface area is 107 Å². The fourth-order valence-corrected chi connectivity index (χ4v) is 2.21. The van der Waals surface area contributed by atoms with E-state index in [1.807, 2.05) is 0 Å². The molecule has 0 radical (unpaired) electrons. The molecule has 1 N–H and O–H groups in total. The lowest BCUT2D eigenvalue weighted by Crippen LogP contribution is -2.37. The molecule has 0 bridgehead atoms. The number of carboxylic acids is 1. The van der Waals surface area contributed by atoms with Crippen molar-refractivity contribution in [3.63, 3.8) is 0 Å². The van der Waals surface area contributed by atoms with E-state index in [-0.39, 0.29) is 6.10 Å². The zero-order chi connectivity index (χ0) is 13.0. The number of aromatic carboxylic acids is 1. The summed E-state index contributed by atoms with van der Waals surface area (Å²) >= 11 is 0. The number of hydrogen-bond acceptors (Lipinski definition) is 3. The predicted octanol–water partition coefficient (Wildman–Crippen LogP) is 2.25. The highest BCUT2D eigenvalue weighted by Gasteiger charge is 2.19. The Morgan fingerprint density at radius 3 is 2.44 bits per heavy atom. The Morgan fingerprint density at radius 1 is 1.33 bits per heavy atom. The van der Waals surface area contributed by atoms with Gasteiger partial charge in [-0.1, -0.05) is 6.92 Å². The summed E-state index contributed by atoms with van der Waals surface area (Å²) in [6.45, 7) is 5.43. The quantitative estimate of drug-likeness (QED) is 0.889. The van der Waals surface area contributed by atoms with Gasteiger partial charge in [-0.15, -0.1) is 0 Å². The number of carbonyl (C=O) groups is 1. The fraction of sp³-hybridized carbons (Fsp3) is 0.500. The molecule has 1 aliphatic heterocycles. The van der Waals surface area contributed by atoms with Crippen LogP contribution in [-0.4, -0.2) is 41.7 Å². The van der Waals surface area contributed by atoms with Crippen LogP contribution in [0.1, 0.15) is 30.1 Å². The molecule has 2 rings (SSSR count). The number of carboxylic acid groups (broad SMARTS) is 1. The summed E-state index contributed by atoms with van der Waals surface area (Å²) in [5.74, 6) is -0.146. The first-order valence-electron chi connectivity index (χ1n) is 6.41. The molecule has 18 heavy (non-hydrogen) atoms. The van der Waals surface area contributed by atoms with Crippen molar-refractivity contribution in [2.45, 2.75) is 25.9 Å². The smallest absolute Gasteiger partial charge is 0.335 e. The maximum Gasteiger partial charge on any atom is 0.335 e. The van der Waals surface area contributed by atoms with Gasteiger partial charge in [0.2, 0.25) is 0 Å². The van der Waals surface area contributed by atoms with Crippen molar-refractivity contribution in [3.05, 3.63) is 29.8 Å². The van der Waals surface area contributed by atoms with E-state index in [4.69, 9.17) is 9.84 Å². The van der Waals surface area contributed by atoms with Crippen molar-refractivity contribution in [1.29, 1.82) is 0 Å². The summed E-state index contributed by atoms with van der Waals surface area (Å²) in [6.07, 6.45) is 2.33. The van der Waals surface area contributed by atoms with Crippen LogP contribution in [0.5, 0.6) is 5.75 Å². The lowest BCUT2D eigenvalue weighted by atomic mass is 10.1. The molecule has 0 aliphatic carbocycles. The van der Waals surface area contributed by atoms with E-state index in [1.165, 1.54) is 0 Å². The second-order valence-electron chi connectivity index (χ2n) is 4.58. The number of hydrogen-bond donors (Lipinski definition) is 1. The summed E-state index contributed by atoms with van der Waals surface area (Å²) in [5.41, 5.74) is 0.295. The molecule has 0 amide bonds. The van der Waals surface area contributed by atoms with Gasteiger partial charge in [-0.05, 0) is 43.7 Å². The molecule has 0 atom stereocenters. The van der Waals surface area contributed by atoms with E-state index in [1.54, 1.807) is 24.3 Å². The van der Waals surface area contributed by atoms with Crippen molar-refractivity contribution in [3.8, 4) is 5.75 Å². The Hall–Kier alpha value is -1.55. The molecule has 1 heterocycles. The third-order valence-electron chi connectivity index (χ3n) is 3.39. The van der Waals surface area contributed by atoms with Crippen LogP contribution in [0, 0.1) is 0 Å². The average Bonchev–Trinajstić information content (AvgIpc) is 2.40. The number of benzene rings is 1. The summed E-state index contributed by atoms with van der Waals surface area (Å²) in [5, 5.41) is 8.81. The molecular weight excluding hydrogens is 230 g/mol. The van der Waals surface area contributed by atoms with Gasteiger partial charge in [0.1, 0.15) is 11.9 Å². The molecule has 1 aromatic carbocycles. The monoisotopic (exact) mass is 249 g/mol. The molecule has 4 heteroatoms. The first-order valence-corrected chi connectivity index (χ1v) is 6.41. The standard InChI is InChI=1S/C14H19NO3/c1-2-15-9-7-13(8-10-15)18-12-5-3-11(4-6-12)14(16)17/h3-6,13H,2,7-10H2,1H3,(H,16,17). The summed E-state index contributed by atoms with van der Waals surface area (Å²) in [6, 6.07) is 6.63. The van der Waals surface area contributed by atoms with Gasteiger partial charge in [-0.3, -0.25) is 0 Å². The largest absolute Gasteiger partial charge is 0.490 e. The number of piperidine rings is 1. The van der Waals surface area contributed by atoms with Crippen molar-refractivity contribution in [1.82, 2.24) is 4.90 Å². The van der Waals surface area contributed by atoms with Gasteiger partial charge in [0.15, 0.2) is 0 Å². The minimum atomic E-state index is -0.905. The molecule has 98 valence electrons. The zero-order valence-corrected chi connectivity index (χ0v) is 10.6. The SMILES string of the molecule is CCN1CCC(Oc2ccc(C(=O)O)cc2)CC1. The second-order valence-corrected chi connectivity index (χ2v) is 4.58. The zero-order valence-electron chi connectivity index (χ0n) is 10.6. The first kappa shape index (κ1) is 12.9. The average molecular weight is 249 g/mol. The van der Waals surface area contributed by atoms with Gasteiger partial charge in [0.05, 0.1) is 5.56 Å². The Kier molecular flexibility index (Phi) is 4.20. The summed E-state index contributed by atoms with van der Waals surface area (Å²) in [4.78, 5) is 13.1. The molecule has 1 fully saturated rings. The number of rotatable bonds is 4. The number of ether oxygens (including phenoxy) is 1. The van der Waals surface area contributed by atoms with Gasteiger partial charge in [-0.2, -0.15) is 0 Å². The van der Waals surface area contributed by atoms with E-state index in [2.05, 4.69) is 11.8 Å². The van der Waals surface area contributed by atoms with Gasteiger partial charge < -0.3 is 14.7 Å². The van der Waals surface area contributed by atoms with E-state index in [0.717, 1.165) is 38.2 Å². The molecule has 4 nitrogen and oxygen atoms in total. The van der Waals surface area contributed by atoms with Crippen LogP contribution in [-0.2, 0) is 0 Å². The molecule has 1 saturated heterocycles. The van der Waals surface area contributed by atoms with Crippen LogP contribution in [0.15, 0.2) is 24.3 Å². The number of likely N-dealkylation sites (tertiary alicyclic amines) is 1. The normalized spacial score (nSPS) is 17.6.